The Balaban J connectivity index is 1.93. The lowest BCUT2D eigenvalue weighted by Gasteiger charge is -2.13. The Kier molecular flexibility index (Phi) is 3.58. The molecule has 0 spiro atoms. The molecule has 1 aromatic carbocycles. The van der Waals surface area contributed by atoms with Crippen LogP contribution in [-0.4, -0.2) is 34.1 Å². The number of nitrogens with zero attached hydrogens (tertiary/aromatic N) is 1. The SMILES string of the molecule is N=C1SCC(=O)N1CCC(=O)c1ccccc1. The highest BCUT2D eigenvalue weighted by Gasteiger charge is 2.26. The third-order valence-corrected chi connectivity index (χ3v) is 3.42. The molecule has 0 unspecified atom stereocenters. The second kappa shape index (κ2) is 5.14. The zero-order valence-electron chi connectivity index (χ0n) is 9.18. The molecule has 0 aliphatic carbocycles. The molecule has 1 amide bonds. The van der Waals surface area contributed by atoms with Crippen LogP contribution in [0, 0.1) is 5.41 Å². The van der Waals surface area contributed by atoms with E-state index in [1.807, 2.05) is 18.2 Å². The van der Waals surface area contributed by atoms with Gasteiger partial charge in [-0.2, -0.15) is 0 Å². The smallest absolute Gasteiger partial charge is 0.239 e. The minimum atomic E-state index is -0.0825. The first kappa shape index (κ1) is 11.9. The van der Waals surface area contributed by atoms with Gasteiger partial charge in [-0.05, 0) is 0 Å². The summed E-state index contributed by atoms with van der Waals surface area (Å²) in [5.74, 6) is 0.238. The highest BCUT2D eigenvalue weighted by molar-refractivity contribution is 8.14. The number of carbonyl (C=O) groups is 2. The summed E-state index contributed by atoms with van der Waals surface area (Å²) < 4.78 is 0. The molecule has 17 heavy (non-hydrogen) atoms. The first-order chi connectivity index (χ1) is 8.18. The number of hydrogen-bond acceptors (Lipinski definition) is 4. The summed E-state index contributed by atoms with van der Waals surface area (Å²) in [6, 6.07) is 8.99. The van der Waals surface area contributed by atoms with Crippen LogP contribution in [0.25, 0.3) is 0 Å². The standard InChI is InChI=1S/C12H12N2O2S/c13-12-14(11(16)8-17-12)7-6-10(15)9-4-2-1-3-5-9/h1-5,13H,6-8H2. The Morgan fingerprint density at radius 3 is 2.65 bits per heavy atom. The number of rotatable bonds is 4. The number of carbonyl (C=O) groups excluding carboxylic acids is 2. The minimum absolute atomic E-state index is 0.00287. The van der Waals surface area contributed by atoms with Gasteiger partial charge in [-0.25, -0.2) is 0 Å². The highest BCUT2D eigenvalue weighted by Crippen LogP contribution is 2.18. The summed E-state index contributed by atoms with van der Waals surface area (Å²) in [5.41, 5.74) is 0.651. The van der Waals surface area contributed by atoms with E-state index in [0.717, 1.165) is 0 Å². The predicted octanol–water partition coefficient (Wildman–Crippen LogP) is 1.77. The molecule has 0 bridgehead atoms. The lowest BCUT2D eigenvalue weighted by molar-refractivity contribution is -0.124. The van der Waals surface area contributed by atoms with Crippen molar-refractivity contribution < 1.29 is 9.59 Å². The number of amidine groups is 1. The predicted molar refractivity (Wildman–Crippen MR) is 67.3 cm³/mol. The van der Waals surface area contributed by atoms with Gasteiger partial charge in [0, 0.05) is 18.5 Å². The van der Waals surface area contributed by atoms with Crippen LogP contribution in [0.5, 0.6) is 0 Å². The van der Waals surface area contributed by atoms with E-state index in [1.54, 1.807) is 12.1 Å². The van der Waals surface area contributed by atoms with Crippen LogP contribution in [0.4, 0.5) is 0 Å². The first-order valence-electron chi connectivity index (χ1n) is 5.28. The van der Waals surface area contributed by atoms with Gasteiger partial charge in [-0.3, -0.25) is 19.9 Å². The van der Waals surface area contributed by atoms with Crippen LogP contribution >= 0.6 is 11.8 Å². The van der Waals surface area contributed by atoms with Crippen LogP contribution in [0.15, 0.2) is 30.3 Å². The van der Waals surface area contributed by atoms with Crippen molar-refractivity contribution in [2.75, 3.05) is 12.3 Å². The van der Waals surface area contributed by atoms with Gasteiger partial charge in [0.15, 0.2) is 11.0 Å². The second-order valence-electron chi connectivity index (χ2n) is 3.68. The fourth-order valence-electron chi connectivity index (χ4n) is 1.61. The van der Waals surface area contributed by atoms with Crippen molar-refractivity contribution in [2.45, 2.75) is 6.42 Å². The van der Waals surface area contributed by atoms with Gasteiger partial charge in [0.05, 0.1) is 5.75 Å². The number of hydrogen-bond donors (Lipinski definition) is 1. The average Bonchev–Trinajstić information content (AvgIpc) is 2.67. The Morgan fingerprint density at radius 1 is 1.35 bits per heavy atom. The molecule has 0 aromatic heterocycles. The van der Waals surface area contributed by atoms with Crippen LogP contribution in [0.2, 0.25) is 0 Å². The van der Waals surface area contributed by atoms with Crippen molar-refractivity contribution in [3.05, 3.63) is 35.9 Å². The molecule has 2 rings (SSSR count). The van der Waals surface area contributed by atoms with E-state index in [2.05, 4.69) is 0 Å². The van der Waals surface area contributed by atoms with Crippen LogP contribution in [0.3, 0.4) is 0 Å². The summed E-state index contributed by atoms with van der Waals surface area (Å²) in [6.45, 7) is 0.304. The van der Waals surface area contributed by atoms with Crippen molar-refractivity contribution in [2.24, 2.45) is 0 Å². The van der Waals surface area contributed by atoms with Gasteiger partial charge in [-0.1, -0.05) is 42.1 Å². The number of Topliss-reactive ketones (excluding diaryl/α,β-unsaturated/α-hetero) is 1. The van der Waals surface area contributed by atoms with Crippen molar-refractivity contribution in [1.82, 2.24) is 4.90 Å². The lowest BCUT2D eigenvalue weighted by atomic mass is 10.1. The molecule has 88 valence electrons. The number of nitrogens with one attached hydrogen (secondary N) is 1. The molecule has 5 heteroatoms. The molecular formula is C12H12N2O2S. The maximum atomic E-state index is 11.8. The zero-order chi connectivity index (χ0) is 12.3. The Morgan fingerprint density at radius 2 is 2.06 bits per heavy atom. The number of thioether (sulfide) groups is 1. The Bertz CT molecular complexity index is 443. The molecule has 1 aromatic rings. The zero-order valence-corrected chi connectivity index (χ0v) is 10.00. The van der Waals surface area contributed by atoms with E-state index >= 15 is 0 Å². The molecule has 0 radical (unpaired) electrons. The Labute approximate surface area is 104 Å². The maximum absolute atomic E-state index is 11.8. The maximum Gasteiger partial charge on any atom is 0.239 e. The Hall–Kier alpha value is -1.62. The molecule has 1 N–H and O–H groups in total. The van der Waals surface area contributed by atoms with Crippen LogP contribution in [0.1, 0.15) is 16.8 Å². The second-order valence-corrected chi connectivity index (χ2v) is 4.64. The van der Waals surface area contributed by atoms with E-state index in [9.17, 15) is 9.59 Å². The third kappa shape index (κ3) is 2.74. The molecule has 1 aliphatic rings. The van der Waals surface area contributed by atoms with Gasteiger partial charge in [0.1, 0.15) is 0 Å². The fourth-order valence-corrected chi connectivity index (χ4v) is 2.37. The average molecular weight is 248 g/mol. The third-order valence-electron chi connectivity index (χ3n) is 2.54. The highest BCUT2D eigenvalue weighted by atomic mass is 32.2. The summed E-state index contributed by atoms with van der Waals surface area (Å²) in [7, 11) is 0. The molecule has 0 saturated carbocycles. The summed E-state index contributed by atoms with van der Waals surface area (Å²) in [4.78, 5) is 24.6. The van der Waals surface area contributed by atoms with Gasteiger partial charge in [-0.15, -0.1) is 0 Å². The van der Waals surface area contributed by atoms with Crippen molar-refractivity contribution in [3.63, 3.8) is 0 Å². The lowest BCUT2D eigenvalue weighted by Crippen LogP contribution is -2.31. The quantitative estimate of drug-likeness (QED) is 0.826. The van der Waals surface area contributed by atoms with E-state index in [-0.39, 0.29) is 23.3 Å². The van der Waals surface area contributed by atoms with E-state index in [4.69, 9.17) is 5.41 Å². The van der Waals surface area contributed by atoms with Gasteiger partial charge in [0.2, 0.25) is 5.91 Å². The molecule has 1 saturated heterocycles. The largest absolute Gasteiger partial charge is 0.294 e. The molecule has 1 heterocycles. The van der Waals surface area contributed by atoms with E-state index < -0.39 is 0 Å². The monoisotopic (exact) mass is 248 g/mol. The minimum Gasteiger partial charge on any atom is -0.294 e. The normalized spacial score (nSPS) is 15.4. The van der Waals surface area contributed by atoms with Crippen molar-refractivity contribution >= 4 is 28.6 Å². The molecule has 1 aliphatic heterocycles. The number of ketones is 1. The summed E-state index contributed by atoms with van der Waals surface area (Å²) >= 11 is 1.21. The van der Waals surface area contributed by atoms with Gasteiger partial charge >= 0.3 is 0 Å². The number of amides is 1. The van der Waals surface area contributed by atoms with Crippen molar-refractivity contribution in [1.29, 1.82) is 5.41 Å². The van der Waals surface area contributed by atoms with E-state index in [1.165, 1.54) is 16.7 Å². The molecular weight excluding hydrogens is 236 g/mol. The summed E-state index contributed by atoms with van der Waals surface area (Å²) in [5, 5.41) is 7.79. The molecule has 1 fully saturated rings. The molecule has 0 atom stereocenters. The van der Waals surface area contributed by atoms with Gasteiger partial charge < -0.3 is 0 Å². The first-order valence-corrected chi connectivity index (χ1v) is 6.27. The van der Waals surface area contributed by atoms with Crippen LogP contribution in [-0.2, 0) is 4.79 Å². The van der Waals surface area contributed by atoms with Crippen LogP contribution < -0.4 is 0 Å². The van der Waals surface area contributed by atoms with E-state index in [0.29, 0.717) is 17.9 Å². The number of benzene rings is 1. The molecule has 4 nitrogen and oxygen atoms in total. The topological polar surface area (TPSA) is 61.2 Å². The summed E-state index contributed by atoms with van der Waals surface area (Å²) in [6.07, 6.45) is 0.263. The van der Waals surface area contributed by atoms with Gasteiger partial charge in [0.25, 0.3) is 0 Å². The fraction of sp³-hybridized carbons (Fsp3) is 0.250. The van der Waals surface area contributed by atoms with Crippen molar-refractivity contribution in [3.8, 4) is 0 Å².